The number of nitrogens with one attached hydrogen (secondary N) is 1. The van der Waals surface area contributed by atoms with Gasteiger partial charge >= 0.3 is 5.97 Å². The van der Waals surface area contributed by atoms with E-state index < -0.39 is 12.0 Å². The Kier molecular flexibility index (Phi) is 6.18. The average molecular weight is 298 g/mol. The summed E-state index contributed by atoms with van der Waals surface area (Å²) in [6.07, 6.45) is 0.281. The van der Waals surface area contributed by atoms with Crippen LogP contribution in [0.2, 0.25) is 5.02 Å². The highest BCUT2D eigenvalue weighted by Gasteiger charge is 2.19. The fourth-order valence-electron chi connectivity index (χ4n) is 1.58. The lowest BCUT2D eigenvalue weighted by Crippen LogP contribution is -2.40. The molecule has 0 saturated carbocycles. The van der Waals surface area contributed by atoms with E-state index in [9.17, 15) is 14.4 Å². The van der Waals surface area contributed by atoms with Gasteiger partial charge in [0.15, 0.2) is 5.78 Å². The molecule has 5 nitrogen and oxygen atoms in total. The first-order chi connectivity index (χ1) is 9.43. The Hall–Kier alpha value is -1.88. The largest absolute Gasteiger partial charge is 0.469 e. The van der Waals surface area contributed by atoms with Crippen molar-refractivity contribution < 1.29 is 19.1 Å². The molecule has 0 bridgehead atoms. The number of esters is 1. The number of hydrogen-bond donors (Lipinski definition) is 1. The van der Waals surface area contributed by atoms with Gasteiger partial charge in [-0.15, -0.1) is 0 Å². The van der Waals surface area contributed by atoms with E-state index in [-0.39, 0.29) is 24.5 Å². The summed E-state index contributed by atoms with van der Waals surface area (Å²) >= 11 is 5.74. The topological polar surface area (TPSA) is 72.5 Å². The molecule has 1 unspecified atom stereocenters. The summed E-state index contributed by atoms with van der Waals surface area (Å²) in [5.41, 5.74) is 0.402. The Labute approximate surface area is 122 Å². The van der Waals surface area contributed by atoms with Crippen molar-refractivity contribution in [3.63, 3.8) is 0 Å². The van der Waals surface area contributed by atoms with Gasteiger partial charge in [-0.1, -0.05) is 11.6 Å². The summed E-state index contributed by atoms with van der Waals surface area (Å²) in [6.45, 7) is 1.37. The van der Waals surface area contributed by atoms with Crippen LogP contribution in [0.1, 0.15) is 30.1 Å². The second-order valence-electron chi connectivity index (χ2n) is 4.26. The molecule has 20 heavy (non-hydrogen) atoms. The number of ketones is 1. The lowest BCUT2D eigenvalue weighted by molar-refractivity contribution is -0.140. The minimum absolute atomic E-state index is 0.0711. The van der Waals surface area contributed by atoms with Gasteiger partial charge in [0, 0.05) is 17.0 Å². The molecule has 6 heteroatoms. The standard InChI is InChI=1S/C14H16ClNO4/c1-9(17)12(7-8-13(18)20-2)16-14(19)10-3-5-11(15)6-4-10/h3-6,12H,7-8H2,1-2H3,(H,16,19). The third kappa shape index (κ3) is 5.01. The van der Waals surface area contributed by atoms with Crippen LogP contribution in [-0.4, -0.2) is 30.8 Å². The molecule has 0 aliphatic heterocycles. The van der Waals surface area contributed by atoms with Crippen molar-refractivity contribution in [2.24, 2.45) is 0 Å². The maximum absolute atomic E-state index is 12.0. The Morgan fingerprint density at radius 2 is 1.85 bits per heavy atom. The number of ether oxygens (including phenoxy) is 1. The summed E-state index contributed by atoms with van der Waals surface area (Å²) in [5.74, 6) is -1.01. The van der Waals surface area contributed by atoms with Gasteiger partial charge in [-0.3, -0.25) is 14.4 Å². The van der Waals surface area contributed by atoms with Crippen molar-refractivity contribution in [1.82, 2.24) is 5.32 Å². The number of amides is 1. The highest BCUT2D eigenvalue weighted by molar-refractivity contribution is 6.30. The second kappa shape index (κ2) is 7.65. The number of hydrogen-bond acceptors (Lipinski definition) is 4. The number of halogens is 1. The van der Waals surface area contributed by atoms with E-state index in [0.29, 0.717) is 10.6 Å². The summed E-state index contributed by atoms with van der Waals surface area (Å²) < 4.78 is 4.51. The third-order valence-electron chi connectivity index (χ3n) is 2.77. The molecule has 1 atom stereocenters. The van der Waals surface area contributed by atoms with E-state index in [2.05, 4.69) is 10.1 Å². The number of carbonyl (C=O) groups is 3. The molecule has 1 N–H and O–H groups in total. The predicted molar refractivity (Wildman–Crippen MR) is 74.6 cm³/mol. The molecule has 0 aromatic heterocycles. The zero-order chi connectivity index (χ0) is 15.1. The van der Waals surface area contributed by atoms with Crippen molar-refractivity contribution >= 4 is 29.3 Å². The van der Waals surface area contributed by atoms with Crippen molar-refractivity contribution in [3.05, 3.63) is 34.9 Å². The van der Waals surface area contributed by atoms with Crippen LogP contribution in [0, 0.1) is 0 Å². The molecule has 108 valence electrons. The molecular formula is C14H16ClNO4. The smallest absolute Gasteiger partial charge is 0.305 e. The van der Waals surface area contributed by atoms with Gasteiger partial charge in [0.25, 0.3) is 5.91 Å². The number of rotatable bonds is 6. The van der Waals surface area contributed by atoms with E-state index in [1.165, 1.54) is 14.0 Å². The van der Waals surface area contributed by atoms with Crippen LogP contribution in [-0.2, 0) is 14.3 Å². The van der Waals surface area contributed by atoms with Crippen molar-refractivity contribution in [1.29, 1.82) is 0 Å². The molecule has 0 saturated heterocycles. The van der Waals surface area contributed by atoms with Crippen LogP contribution in [0.4, 0.5) is 0 Å². The molecule has 0 aliphatic rings. The molecule has 1 amide bonds. The number of benzene rings is 1. The van der Waals surface area contributed by atoms with Crippen LogP contribution in [0.25, 0.3) is 0 Å². The fraction of sp³-hybridized carbons (Fsp3) is 0.357. The monoisotopic (exact) mass is 297 g/mol. The van der Waals surface area contributed by atoms with E-state index in [1.54, 1.807) is 24.3 Å². The van der Waals surface area contributed by atoms with Gasteiger partial charge in [-0.25, -0.2) is 0 Å². The molecule has 1 aromatic carbocycles. The van der Waals surface area contributed by atoms with Crippen molar-refractivity contribution in [3.8, 4) is 0 Å². The summed E-state index contributed by atoms with van der Waals surface area (Å²) in [4.78, 5) is 34.5. The Morgan fingerprint density at radius 3 is 2.35 bits per heavy atom. The summed E-state index contributed by atoms with van der Waals surface area (Å²) in [6, 6.07) is 5.60. The normalized spacial score (nSPS) is 11.6. The Morgan fingerprint density at radius 1 is 1.25 bits per heavy atom. The molecule has 1 aromatic rings. The molecule has 0 fully saturated rings. The molecule has 0 aliphatic carbocycles. The highest BCUT2D eigenvalue weighted by atomic mass is 35.5. The molecule has 1 rings (SSSR count). The first kappa shape index (κ1) is 16.2. The van der Waals surface area contributed by atoms with Gasteiger partial charge < -0.3 is 10.1 Å². The van der Waals surface area contributed by atoms with E-state index in [0.717, 1.165) is 0 Å². The Balaban J connectivity index is 2.65. The lowest BCUT2D eigenvalue weighted by Gasteiger charge is -2.15. The van der Waals surface area contributed by atoms with Crippen LogP contribution in [0.5, 0.6) is 0 Å². The fourth-order valence-corrected chi connectivity index (χ4v) is 1.71. The number of carbonyl (C=O) groups excluding carboxylic acids is 3. The minimum atomic E-state index is -0.711. The van der Waals surface area contributed by atoms with E-state index in [4.69, 9.17) is 11.6 Å². The van der Waals surface area contributed by atoms with Crippen LogP contribution < -0.4 is 5.32 Å². The van der Waals surface area contributed by atoms with Crippen LogP contribution >= 0.6 is 11.6 Å². The van der Waals surface area contributed by atoms with Gasteiger partial charge in [0.1, 0.15) is 0 Å². The summed E-state index contributed by atoms with van der Waals surface area (Å²) in [5, 5.41) is 3.12. The van der Waals surface area contributed by atoms with Crippen LogP contribution in [0.15, 0.2) is 24.3 Å². The maximum Gasteiger partial charge on any atom is 0.305 e. The SMILES string of the molecule is COC(=O)CCC(NC(=O)c1ccc(Cl)cc1)C(C)=O. The van der Waals surface area contributed by atoms with Crippen LogP contribution in [0.3, 0.4) is 0 Å². The van der Waals surface area contributed by atoms with Gasteiger partial charge in [-0.05, 0) is 37.6 Å². The number of Topliss-reactive ketones (excluding diaryl/α,β-unsaturated/α-hetero) is 1. The first-order valence-electron chi connectivity index (χ1n) is 6.07. The van der Waals surface area contributed by atoms with E-state index >= 15 is 0 Å². The molecular weight excluding hydrogens is 282 g/mol. The molecule has 0 radical (unpaired) electrons. The Bertz CT molecular complexity index is 498. The highest BCUT2D eigenvalue weighted by Crippen LogP contribution is 2.10. The third-order valence-corrected chi connectivity index (χ3v) is 3.02. The molecule has 0 heterocycles. The van der Waals surface area contributed by atoms with E-state index in [1.807, 2.05) is 0 Å². The second-order valence-corrected chi connectivity index (χ2v) is 4.69. The lowest BCUT2D eigenvalue weighted by atomic mass is 10.1. The quantitative estimate of drug-likeness (QED) is 0.815. The minimum Gasteiger partial charge on any atom is -0.469 e. The zero-order valence-electron chi connectivity index (χ0n) is 11.3. The van der Waals surface area contributed by atoms with Crippen molar-refractivity contribution in [2.45, 2.75) is 25.8 Å². The molecule has 0 spiro atoms. The number of methoxy groups -OCH3 is 1. The van der Waals surface area contributed by atoms with Gasteiger partial charge in [0.05, 0.1) is 13.2 Å². The van der Waals surface area contributed by atoms with Gasteiger partial charge in [-0.2, -0.15) is 0 Å². The van der Waals surface area contributed by atoms with Crippen molar-refractivity contribution in [2.75, 3.05) is 7.11 Å². The average Bonchev–Trinajstić information content (AvgIpc) is 2.43. The van der Waals surface area contributed by atoms with Gasteiger partial charge in [0.2, 0.25) is 0 Å². The predicted octanol–water partition coefficient (Wildman–Crippen LogP) is 1.98. The zero-order valence-corrected chi connectivity index (χ0v) is 12.1. The first-order valence-corrected chi connectivity index (χ1v) is 6.45. The summed E-state index contributed by atoms with van der Waals surface area (Å²) in [7, 11) is 1.28. The maximum atomic E-state index is 12.0.